The van der Waals surface area contributed by atoms with E-state index in [1.807, 2.05) is 25.3 Å². The largest absolute Gasteiger partial charge is 0.349 e. The molecule has 0 unspecified atom stereocenters. The second kappa shape index (κ2) is 7.48. The molecule has 20 heavy (non-hydrogen) atoms. The lowest BCUT2D eigenvalue weighted by Gasteiger charge is -2.21. The minimum Gasteiger partial charge on any atom is -0.349 e. The van der Waals surface area contributed by atoms with Crippen molar-refractivity contribution >= 4 is 21.6 Å². The third kappa shape index (κ3) is 3.99. The Morgan fingerprint density at radius 1 is 1.35 bits per heavy atom. The molecule has 0 aliphatic heterocycles. The predicted octanol–water partition coefficient (Wildman–Crippen LogP) is 3.30. The quantitative estimate of drug-likeness (QED) is 0.690. The average Bonchev–Trinajstić information content (AvgIpc) is 2.79. The molecule has 1 aromatic heterocycles. The van der Waals surface area contributed by atoms with Crippen molar-refractivity contribution in [3.8, 4) is 0 Å². The smallest absolute Gasteiger partial charge is 0.244 e. The van der Waals surface area contributed by atoms with Gasteiger partial charge in [-0.2, -0.15) is 4.31 Å². The first kappa shape index (κ1) is 17.5. The first-order chi connectivity index (χ1) is 9.36. The second-order valence-electron chi connectivity index (χ2n) is 5.34. The van der Waals surface area contributed by atoms with Gasteiger partial charge in [0.1, 0.15) is 4.90 Å². The molecule has 6 heteroatoms. The van der Waals surface area contributed by atoms with Gasteiger partial charge in [-0.15, -0.1) is 11.6 Å². The molecule has 0 aromatic carbocycles. The van der Waals surface area contributed by atoms with Crippen LogP contribution in [-0.2, 0) is 22.4 Å². The van der Waals surface area contributed by atoms with Crippen LogP contribution in [0.15, 0.2) is 17.2 Å². The van der Waals surface area contributed by atoms with E-state index < -0.39 is 10.0 Å². The molecule has 0 amide bonds. The van der Waals surface area contributed by atoms with Crippen LogP contribution in [0.4, 0.5) is 0 Å². The van der Waals surface area contributed by atoms with Gasteiger partial charge in [-0.3, -0.25) is 0 Å². The Labute approximate surface area is 127 Å². The van der Waals surface area contributed by atoms with E-state index in [1.54, 1.807) is 12.3 Å². The van der Waals surface area contributed by atoms with Crippen molar-refractivity contribution in [2.45, 2.75) is 51.4 Å². The lowest BCUT2D eigenvalue weighted by molar-refractivity contribution is 0.381. The Hall–Kier alpha value is -0.520. The number of alkyl halides is 1. The fourth-order valence-electron chi connectivity index (χ4n) is 2.18. The van der Waals surface area contributed by atoms with Gasteiger partial charge in [0.25, 0.3) is 0 Å². The highest BCUT2D eigenvalue weighted by molar-refractivity contribution is 7.89. The molecule has 1 rings (SSSR count). The molecule has 1 heterocycles. The van der Waals surface area contributed by atoms with Crippen LogP contribution in [0.2, 0.25) is 0 Å². The van der Waals surface area contributed by atoms with Gasteiger partial charge in [-0.1, -0.05) is 27.7 Å². The molecule has 0 aliphatic carbocycles. The van der Waals surface area contributed by atoms with E-state index in [1.165, 1.54) is 4.31 Å². The molecule has 116 valence electrons. The fourth-order valence-corrected chi connectivity index (χ4v) is 4.09. The molecule has 0 atom stereocenters. The Morgan fingerprint density at radius 3 is 2.45 bits per heavy atom. The van der Waals surface area contributed by atoms with Crippen molar-refractivity contribution in [1.29, 1.82) is 0 Å². The van der Waals surface area contributed by atoms with Crippen LogP contribution >= 0.6 is 11.6 Å². The summed E-state index contributed by atoms with van der Waals surface area (Å²) in [4.78, 5) is 0.351. The minimum absolute atomic E-state index is 0.301. The van der Waals surface area contributed by atoms with E-state index in [2.05, 4.69) is 6.92 Å². The molecule has 0 fully saturated rings. The molecular formula is C14H25ClN2O2S. The highest BCUT2D eigenvalue weighted by Crippen LogP contribution is 2.21. The summed E-state index contributed by atoms with van der Waals surface area (Å²) in [7, 11) is -3.42. The molecule has 0 radical (unpaired) electrons. The van der Waals surface area contributed by atoms with E-state index in [9.17, 15) is 8.42 Å². The third-order valence-electron chi connectivity index (χ3n) is 3.12. The van der Waals surface area contributed by atoms with E-state index in [0.717, 1.165) is 18.7 Å². The van der Waals surface area contributed by atoms with Gasteiger partial charge >= 0.3 is 0 Å². The molecule has 4 nitrogen and oxygen atoms in total. The molecule has 0 aliphatic rings. The van der Waals surface area contributed by atoms with E-state index >= 15 is 0 Å². The van der Waals surface area contributed by atoms with Gasteiger partial charge in [0, 0.05) is 31.5 Å². The maximum atomic E-state index is 12.7. The van der Waals surface area contributed by atoms with Gasteiger partial charge in [0.05, 0.1) is 5.88 Å². The van der Waals surface area contributed by atoms with Crippen molar-refractivity contribution in [2.24, 2.45) is 5.92 Å². The number of halogens is 1. The lowest BCUT2D eigenvalue weighted by Crippen LogP contribution is -2.33. The van der Waals surface area contributed by atoms with E-state index in [4.69, 9.17) is 11.6 Å². The maximum absolute atomic E-state index is 12.7. The number of hydrogen-bond acceptors (Lipinski definition) is 2. The van der Waals surface area contributed by atoms with Gasteiger partial charge in [-0.05, 0) is 18.4 Å². The zero-order valence-electron chi connectivity index (χ0n) is 12.8. The number of nitrogens with zero attached hydrogens (tertiary/aromatic N) is 2. The van der Waals surface area contributed by atoms with Crippen molar-refractivity contribution in [1.82, 2.24) is 8.87 Å². The normalized spacial score (nSPS) is 12.6. The first-order valence-electron chi connectivity index (χ1n) is 7.11. The standard InChI is InChI=1S/C14H25ClN2O2S/c1-5-7-16-11-14(8-13(16)9-15)20(18,19)17(6-2)10-12(3)4/h8,11-12H,5-7,9-10H2,1-4H3. The molecular weight excluding hydrogens is 296 g/mol. The summed E-state index contributed by atoms with van der Waals surface area (Å²) in [6.45, 7) is 9.77. The third-order valence-corrected chi connectivity index (χ3v) is 5.30. The monoisotopic (exact) mass is 320 g/mol. The summed E-state index contributed by atoms with van der Waals surface area (Å²) < 4.78 is 28.8. The van der Waals surface area contributed by atoms with Crippen LogP contribution in [-0.4, -0.2) is 30.4 Å². The van der Waals surface area contributed by atoms with Crippen LogP contribution in [0.1, 0.15) is 39.8 Å². The minimum atomic E-state index is -3.42. The Morgan fingerprint density at radius 2 is 2.00 bits per heavy atom. The average molecular weight is 321 g/mol. The predicted molar refractivity (Wildman–Crippen MR) is 83.6 cm³/mol. The van der Waals surface area contributed by atoms with Crippen molar-refractivity contribution in [3.05, 3.63) is 18.0 Å². The SMILES string of the molecule is CCCn1cc(S(=O)(=O)N(CC)CC(C)C)cc1CCl. The van der Waals surface area contributed by atoms with Crippen LogP contribution < -0.4 is 0 Å². The topological polar surface area (TPSA) is 42.3 Å². The number of hydrogen-bond donors (Lipinski definition) is 0. The summed E-state index contributed by atoms with van der Waals surface area (Å²) in [6.07, 6.45) is 2.65. The lowest BCUT2D eigenvalue weighted by atomic mass is 10.2. The van der Waals surface area contributed by atoms with Crippen molar-refractivity contribution < 1.29 is 8.42 Å². The molecule has 0 bridgehead atoms. The zero-order chi connectivity index (χ0) is 15.3. The van der Waals surface area contributed by atoms with Crippen LogP contribution in [0.5, 0.6) is 0 Å². The van der Waals surface area contributed by atoms with E-state index in [-0.39, 0.29) is 0 Å². The Kier molecular flexibility index (Phi) is 6.55. The van der Waals surface area contributed by atoms with Gasteiger partial charge < -0.3 is 4.57 Å². The summed E-state index contributed by atoms with van der Waals surface area (Å²) in [5, 5.41) is 0. The number of aryl methyl sites for hydroxylation is 1. The number of sulfonamides is 1. The highest BCUT2D eigenvalue weighted by Gasteiger charge is 2.25. The Balaban J connectivity index is 3.13. The molecule has 0 saturated carbocycles. The summed E-state index contributed by atoms with van der Waals surface area (Å²) >= 11 is 5.90. The first-order valence-corrected chi connectivity index (χ1v) is 9.09. The van der Waals surface area contributed by atoms with E-state index in [0.29, 0.717) is 29.8 Å². The van der Waals surface area contributed by atoms with Gasteiger partial charge in [0.15, 0.2) is 0 Å². The van der Waals surface area contributed by atoms with Crippen LogP contribution in [0.3, 0.4) is 0 Å². The molecule has 0 N–H and O–H groups in total. The number of aromatic nitrogens is 1. The summed E-state index contributed by atoms with van der Waals surface area (Å²) in [5.74, 6) is 0.626. The van der Waals surface area contributed by atoms with Crippen molar-refractivity contribution in [3.63, 3.8) is 0 Å². The fraction of sp³-hybridized carbons (Fsp3) is 0.714. The maximum Gasteiger partial charge on any atom is 0.244 e. The Bertz CT molecular complexity index is 523. The van der Waals surface area contributed by atoms with Gasteiger partial charge in [-0.25, -0.2) is 8.42 Å². The molecule has 1 aromatic rings. The summed E-state index contributed by atoms with van der Waals surface area (Å²) in [6, 6.07) is 1.70. The zero-order valence-corrected chi connectivity index (χ0v) is 14.3. The second-order valence-corrected chi connectivity index (χ2v) is 7.55. The van der Waals surface area contributed by atoms with Crippen LogP contribution in [0, 0.1) is 5.92 Å². The summed E-state index contributed by atoms with van der Waals surface area (Å²) in [5.41, 5.74) is 0.854. The molecule has 0 saturated heterocycles. The van der Waals surface area contributed by atoms with Crippen LogP contribution in [0.25, 0.3) is 0 Å². The number of rotatable bonds is 8. The van der Waals surface area contributed by atoms with Crippen molar-refractivity contribution in [2.75, 3.05) is 13.1 Å². The highest BCUT2D eigenvalue weighted by atomic mass is 35.5. The van der Waals surface area contributed by atoms with Gasteiger partial charge in [0.2, 0.25) is 10.0 Å². The molecule has 0 spiro atoms.